The molecule has 3 N–H and O–H groups in total. The van der Waals surface area contributed by atoms with E-state index in [0.717, 1.165) is 5.69 Å². The molecule has 0 aliphatic carbocycles. The third-order valence-corrected chi connectivity index (χ3v) is 1.82. The molecule has 0 radical (unpaired) electrons. The first-order chi connectivity index (χ1) is 6.63. The number of anilines is 1. The largest absolute Gasteiger partial charge is 0.374 e. The highest BCUT2D eigenvalue weighted by Gasteiger charge is 2.06. The minimum atomic E-state index is -0.414. The second-order valence-corrected chi connectivity index (χ2v) is 2.96. The number of hydrogen-bond acceptors (Lipinski definition) is 3. The van der Waals surface area contributed by atoms with Crippen LogP contribution in [-0.2, 0) is 4.79 Å². The molecule has 72 valence electrons. The Labute approximate surface area is 82.3 Å². The Kier molecular flexibility index (Phi) is 3.08. The van der Waals surface area contributed by atoms with Crippen LogP contribution in [0.3, 0.4) is 0 Å². The molecule has 0 fully saturated rings. The van der Waals surface area contributed by atoms with Gasteiger partial charge in [-0.05, 0) is 31.2 Å². The highest BCUT2D eigenvalue weighted by molar-refractivity contribution is 5.82. The first kappa shape index (κ1) is 10.1. The summed E-state index contributed by atoms with van der Waals surface area (Å²) in [5.41, 5.74) is 6.44. The summed E-state index contributed by atoms with van der Waals surface area (Å²) in [6, 6.07) is 8.42. The number of primary amides is 1. The van der Waals surface area contributed by atoms with Gasteiger partial charge in [-0.25, -0.2) is 0 Å². The number of rotatable bonds is 3. The SMILES string of the molecule is CC(Nc1ccc(C#N)cc1)C(N)=O. The van der Waals surface area contributed by atoms with Crippen LogP contribution in [0.4, 0.5) is 5.69 Å². The molecule has 1 atom stereocenters. The molecule has 0 aromatic heterocycles. The van der Waals surface area contributed by atoms with Gasteiger partial charge in [0.2, 0.25) is 5.91 Å². The zero-order valence-electron chi connectivity index (χ0n) is 7.82. The summed E-state index contributed by atoms with van der Waals surface area (Å²) >= 11 is 0. The molecule has 0 aliphatic heterocycles. The molecule has 1 amide bonds. The molecular formula is C10H11N3O. The monoisotopic (exact) mass is 189 g/mol. The topological polar surface area (TPSA) is 78.9 Å². The van der Waals surface area contributed by atoms with Crippen molar-refractivity contribution in [3.05, 3.63) is 29.8 Å². The lowest BCUT2D eigenvalue weighted by Gasteiger charge is -2.10. The number of amides is 1. The lowest BCUT2D eigenvalue weighted by Crippen LogP contribution is -2.32. The number of nitrogens with one attached hydrogen (secondary N) is 1. The van der Waals surface area contributed by atoms with Gasteiger partial charge < -0.3 is 11.1 Å². The third-order valence-electron chi connectivity index (χ3n) is 1.82. The quantitative estimate of drug-likeness (QED) is 0.739. The minimum absolute atomic E-state index is 0.408. The average molecular weight is 189 g/mol. The van der Waals surface area contributed by atoms with Gasteiger partial charge in [0.1, 0.15) is 6.04 Å². The van der Waals surface area contributed by atoms with Gasteiger partial charge in [0.25, 0.3) is 0 Å². The van der Waals surface area contributed by atoms with E-state index in [1.165, 1.54) is 0 Å². The van der Waals surface area contributed by atoms with Crippen LogP contribution in [-0.4, -0.2) is 11.9 Å². The fourth-order valence-electron chi connectivity index (χ4n) is 0.962. The maximum atomic E-state index is 10.7. The minimum Gasteiger partial charge on any atom is -0.374 e. The van der Waals surface area contributed by atoms with Crippen molar-refractivity contribution in [1.29, 1.82) is 5.26 Å². The highest BCUT2D eigenvalue weighted by Crippen LogP contribution is 2.09. The van der Waals surface area contributed by atoms with Gasteiger partial charge in [0, 0.05) is 5.69 Å². The van der Waals surface area contributed by atoms with Crippen LogP contribution in [0.2, 0.25) is 0 Å². The highest BCUT2D eigenvalue weighted by atomic mass is 16.1. The maximum Gasteiger partial charge on any atom is 0.239 e. The lowest BCUT2D eigenvalue weighted by atomic mass is 10.2. The van der Waals surface area contributed by atoms with Gasteiger partial charge in [-0.2, -0.15) is 5.26 Å². The fraction of sp³-hybridized carbons (Fsp3) is 0.200. The molecule has 4 nitrogen and oxygen atoms in total. The molecule has 1 aromatic rings. The van der Waals surface area contributed by atoms with Crippen molar-refractivity contribution in [2.45, 2.75) is 13.0 Å². The van der Waals surface area contributed by atoms with E-state index in [0.29, 0.717) is 5.56 Å². The molecule has 1 unspecified atom stereocenters. The van der Waals surface area contributed by atoms with Crippen LogP contribution < -0.4 is 11.1 Å². The number of hydrogen-bond donors (Lipinski definition) is 2. The molecule has 4 heteroatoms. The lowest BCUT2D eigenvalue weighted by molar-refractivity contribution is -0.118. The summed E-state index contributed by atoms with van der Waals surface area (Å²) in [6.07, 6.45) is 0. The predicted molar refractivity (Wildman–Crippen MR) is 53.4 cm³/mol. The molecule has 0 saturated heterocycles. The first-order valence-electron chi connectivity index (χ1n) is 4.19. The molecule has 0 saturated carbocycles. The Hall–Kier alpha value is -2.02. The molecule has 0 spiro atoms. The van der Waals surface area contributed by atoms with Crippen LogP contribution in [0.5, 0.6) is 0 Å². The number of carbonyl (C=O) groups is 1. The van der Waals surface area contributed by atoms with Crippen molar-refractivity contribution < 1.29 is 4.79 Å². The molecule has 1 aromatic carbocycles. The molecular weight excluding hydrogens is 178 g/mol. The van der Waals surface area contributed by atoms with E-state index in [4.69, 9.17) is 11.0 Å². The van der Waals surface area contributed by atoms with Crippen molar-refractivity contribution in [2.75, 3.05) is 5.32 Å². The zero-order valence-corrected chi connectivity index (χ0v) is 7.82. The van der Waals surface area contributed by atoms with Crippen molar-refractivity contribution in [3.8, 4) is 6.07 Å². The molecule has 14 heavy (non-hydrogen) atoms. The van der Waals surface area contributed by atoms with Crippen LogP contribution in [0, 0.1) is 11.3 Å². The van der Waals surface area contributed by atoms with Gasteiger partial charge in [-0.15, -0.1) is 0 Å². The normalized spacial score (nSPS) is 11.4. The molecule has 0 bridgehead atoms. The summed E-state index contributed by atoms with van der Waals surface area (Å²) < 4.78 is 0. The molecule has 0 aliphatic rings. The van der Waals surface area contributed by atoms with E-state index >= 15 is 0 Å². The van der Waals surface area contributed by atoms with E-state index in [1.807, 2.05) is 6.07 Å². The zero-order chi connectivity index (χ0) is 10.6. The summed E-state index contributed by atoms with van der Waals surface area (Å²) in [6.45, 7) is 1.68. The van der Waals surface area contributed by atoms with Crippen molar-refractivity contribution >= 4 is 11.6 Å². The standard InChI is InChI=1S/C10H11N3O/c1-7(10(12)14)13-9-4-2-8(6-11)3-5-9/h2-5,7,13H,1H3,(H2,12,14). The molecule has 0 heterocycles. The van der Waals surface area contributed by atoms with E-state index in [9.17, 15) is 4.79 Å². The molecule has 1 rings (SSSR count). The van der Waals surface area contributed by atoms with Crippen LogP contribution in [0.15, 0.2) is 24.3 Å². The Morgan fingerprint density at radius 3 is 2.50 bits per heavy atom. The van der Waals surface area contributed by atoms with E-state index in [1.54, 1.807) is 31.2 Å². The average Bonchev–Trinajstić information content (AvgIpc) is 2.19. The summed E-state index contributed by atoms with van der Waals surface area (Å²) in [5.74, 6) is -0.408. The smallest absolute Gasteiger partial charge is 0.239 e. The van der Waals surface area contributed by atoms with Crippen LogP contribution in [0.1, 0.15) is 12.5 Å². The van der Waals surface area contributed by atoms with Crippen molar-refractivity contribution in [2.24, 2.45) is 5.73 Å². The third kappa shape index (κ3) is 2.49. The number of benzene rings is 1. The second kappa shape index (κ2) is 4.28. The fourth-order valence-corrected chi connectivity index (χ4v) is 0.962. The van der Waals surface area contributed by atoms with E-state index < -0.39 is 11.9 Å². The summed E-state index contributed by atoms with van der Waals surface area (Å²) in [5, 5.41) is 11.5. The van der Waals surface area contributed by atoms with E-state index in [-0.39, 0.29) is 0 Å². The Bertz CT molecular complexity index is 364. The van der Waals surface area contributed by atoms with Crippen LogP contribution in [0.25, 0.3) is 0 Å². The number of nitriles is 1. The van der Waals surface area contributed by atoms with Gasteiger partial charge in [0.15, 0.2) is 0 Å². The predicted octanol–water partition coefficient (Wildman–Crippen LogP) is 0.844. The Morgan fingerprint density at radius 1 is 1.50 bits per heavy atom. The van der Waals surface area contributed by atoms with Gasteiger partial charge in [-0.1, -0.05) is 0 Å². The summed E-state index contributed by atoms with van der Waals surface area (Å²) in [4.78, 5) is 10.7. The van der Waals surface area contributed by atoms with E-state index in [2.05, 4.69) is 5.32 Å². The second-order valence-electron chi connectivity index (χ2n) is 2.96. The Morgan fingerprint density at radius 2 is 2.07 bits per heavy atom. The van der Waals surface area contributed by atoms with Crippen molar-refractivity contribution in [3.63, 3.8) is 0 Å². The maximum absolute atomic E-state index is 10.7. The summed E-state index contributed by atoms with van der Waals surface area (Å²) in [7, 11) is 0. The first-order valence-corrected chi connectivity index (χ1v) is 4.19. The number of nitrogens with two attached hydrogens (primary N) is 1. The van der Waals surface area contributed by atoms with Gasteiger partial charge in [0.05, 0.1) is 11.6 Å². The number of nitrogens with zero attached hydrogens (tertiary/aromatic N) is 1. The van der Waals surface area contributed by atoms with Crippen molar-refractivity contribution in [1.82, 2.24) is 0 Å². The number of carbonyl (C=O) groups excluding carboxylic acids is 1. The van der Waals surface area contributed by atoms with Gasteiger partial charge in [-0.3, -0.25) is 4.79 Å². The van der Waals surface area contributed by atoms with Gasteiger partial charge >= 0.3 is 0 Å². The van der Waals surface area contributed by atoms with Crippen LogP contribution >= 0.6 is 0 Å². The Balaban J connectivity index is 2.70.